The summed E-state index contributed by atoms with van der Waals surface area (Å²) in [7, 11) is 1.81. The van der Waals surface area contributed by atoms with E-state index in [9.17, 15) is 5.11 Å². The van der Waals surface area contributed by atoms with Crippen molar-refractivity contribution in [2.45, 2.75) is 6.10 Å². The summed E-state index contributed by atoms with van der Waals surface area (Å²) in [5, 5.41) is 18.6. The molecule has 0 spiro atoms. The number of aromatic nitrogens is 5. The third-order valence-corrected chi connectivity index (χ3v) is 2.66. The average molecular weight is 229 g/mol. The van der Waals surface area contributed by atoms with E-state index in [0.717, 1.165) is 5.52 Å². The predicted molar refractivity (Wildman–Crippen MR) is 60.3 cm³/mol. The van der Waals surface area contributed by atoms with Gasteiger partial charge in [-0.25, -0.2) is 4.52 Å². The largest absolute Gasteiger partial charge is 0.382 e. The van der Waals surface area contributed by atoms with Crippen LogP contribution in [0.5, 0.6) is 0 Å². The molecule has 3 aromatic heterocycles. The minimum Gasteiger partial charge on any atom is -0.382 e. The minimum atomic E-state index is -0.780. The van der Waals surface area contributed by atoms with Gasteiger partial charge in [0.15, 0.2) is 0 Å². The van der Waals surface area contributed by atoms with Crippen LogP contribution in [0.4, 0.5) is 0 Å². The van der Waals surface area contributed by atoms with Crippen molar-refractivity contribution in [3.8, 4) is 0 Å². The summed E-state index contributed by atoms with van der Waals surface area (Å²) in [5.41, 5.74) is 2.09. The second-order valence-corrected chi connectivity index (χ2v) is 3.82. The van der Waals surface area contributed by atoms with Crippen molar-refractivity contribution in [3.63, 3.8) is 0 Å². The highest BCUT2D eigenvalue weighted by atomic mass is 16.3. The molecule has 17 heavy (non-hydrogen) atoms. The number of hydrogen-bond acceptors (Lipinski definition) is 4. The van der Waals surface area contributed by atoms with E-state index >= 15 is 0 Å². The van der Waals surface area contributed by atoms with E-state index in [0.29, 0.717) is 11.3 Å². The Balaban J connectivity index is 2.09. The van der Waals surface area contributed by atoms with E-state index in [1.807, 2.05) is 7.05 Å². The molecule has 6 heteroatoms. The van der Waals surface area contributed by atoms with Gasteiger partial charge in [0.2, 0.25) is 0 Å². The molecule has 0 aliphatic rings. The first-order chi connectivity index (χ1) is 8.25. The van der Waals surface area contributed by atoms with Gasteiger partial charge in [0.05, 0.1) is 23.6 Å². The Bertz CT molecular complexity index is 656. The van der Waals surface area contributed by atoms with Crippen LogP contribution in [-0.2, 0) is 7.05 Å². The van der Waals surface area contributed by atoms with Gasteiger partial charge in [-0.05, 0) is 6.07 Å². The van der Waals surface area contributed by atoms with Crippen LogP contribution in [0.1, 0.15) is 17.4 Å². The highest BCUT2D eigenvalue weighted by Gasteiger charge is 2.17. The first kappa shape index (κ1) is 9.98. The van der Waals surface area contributed by atoms with E-state index in [1.54, 1.807) is 46.2 Å². The van der Waals surface area contributed by atoms with E-state index in [4.69, 9.17) is 0 Å². The Kier molecular flexibility index (Phi) is 2.15. The van der Waals surface area contributed by atoms with Crippen molar-refractivity contribution in [1.82, 2.24) is 24.4 Å². The normalized spacial score (nSPS) is 13.1. The van der Waals surface area contributed by atoms with Crippen LogP contribution in [-0.4, -0.2) is 29.5 Å². The summed E-state index contributed by atoms with van der Waals surface area (Å²) in [5.74, 6) is 0. The zero-order chi connectivity index (χ0) is 11.8. The molecular weight excluding hydrogens is 218 g/mol. The Morgan fingerprint density at radius 1 is 1.29 bits per heavy atom. The quantitative estimate of drug-likeness (QED) is 0.696. The molecule has 0 bridgehead atoms. The Hall–Kier alpha value is -2.21. The summed E-state index contributed by atoms with van der Waals surface area (Å²) in [6, 6.07) is 1.78. The Morgan fingerprint density at radius 2 is 2.18 bits per heavy atom. The lowest BCUT2D eigenvalue weighted by Crippen LogP contribution is -2.01. The fourth-order valence-corrected chi connectivity index (χ4v) is 1.80. The maximum absolute atomic E-state index is 10.2. The molecule has 0 aromatic carbocycles. The fourth-order valence-electron chi connectivity index (χ4n) is 1.80. The van der Waals surface area contributed by atoms with Crippen molar-refractivity contribution in [3.05, 3.63) is 48.3 Å². The number of rotatable bonds is 2. The van der Waals surface area contributed by atoms with Gasteiger partial charge in [-0.1, -0.05) is 0 Å². The van der Waals surface area contributed by atoms with Crippen LogP contribution < -0.4 is 0 Å². The molecule has 1 N–H and O–H groups in total. The molecule has 6 nitrogen and oxygen atoms in total. The summed E-state index contributed by atoms with van der Waals surface area (Å²) in [4.78, 5) is 4.03. The van der Waals surface area contributed by atoms with Crippen molar-refractivity contribution < 1.29 is 5.11 Å². The number of aliphatic hydroxyl groups is 1. The van der Waals surface area contributed by atoms with Gasteiger partial charge >= 0.3 is 0 Å². The molecule has 0 saturated heterocycles. The smallest absolute Gasteiger partial charge is 0.126 e. The van der Waals surface area contributed by atoms with E-state index in [2.05, 4.69) is 15.2 Å². The van der Waals surface area contributed by atoms with Crippen molar-refractivity contribution in [1.29, 1.82) is 0 Å². The van der Waals surface area contributed by atoms with Gasteiger partial charge in [-0.2, -0.15) is 10.2 Å². The van der Waals surface area contributed by atoms with Gasteiger partial charge in [-0.3, -0.25) is 9.67 Å². The number of nitrogens with zero attached hydrogens (tertiary/aromatic N) is 5. The van der Waals surface area contributed by atoms with Crippen LogP contribution in [0.25, 0.3) is 5.52 Å². The van der Waals surface area contributed by atoms with Gasteiger partial charge in [0.25, 0.3) is 0 Å². The molecule has 86 valence electrons. The van der Waals surface area contributed by atoms with Crippen LogP contribution in [0.15, 0.2) is 37.1 Å². The van der Waals surface area contributed by atoms with Gasteiger partial charge in [0, 0.05) is 31.2 Å². The summed E-state index contributed by atoms with van der Waals surface area (Å²) in [6.45, 7) is 0. The molecule has 1 unspecified atom stereocenters. The number of aryl methyl sites for hydroxylation is 1. The van der Waals surface area contributed by atoms with Gasteiger partial charge < -0.3 is 5.11 Å². The molecule has 0 radical (unpaired) electrons. The highest BCUT2D eigenvalue weighted by molar-refractivity contribution is 5.54. The maximum atomic E-state index is 10.2. The lowest BCUT2D eigenvalue weighted by Gasteiger charge is -2.05. The molecular formula is C11H11N5O. The summed E-state index contributed by atoms with van der Waals surface area (Å²) in [6.07, 6.45) is 7.71. The average Bonchev–Trinajstić information content (AvgIpc) is 2.94. The van der Waals surface area contributed by atoms with E-state index in [1.165, 1.54) is 0 Å². The van der Waals surface area contributed by atoms with Crippen molar-refractivity contribution in [2.24, 2.45) is 7.05 Å². The maximum Gasteiger partial charge on any atom is 0.126 e. The molecule has 3 aromatic rings. The zero-order valence-corrected chi connectivity index (χ0v) is 9.22. The van der Waals surface area contributed by atoms with Crippen LogP contribution in [0.2, 0.25) is 0 Å². The van der Waals surface area contributed by atoms with E-state index in [-0.39, 0.29) is 0 Å². The van der Waals surface area contributed by atoms with Gasteiger partial charge in [-0.15, -0.1) is 0 Å². The van der Waals surface area contributed by atoms with Crippen LogP contribution in [0.3, 0.4) is 0 Å². The second kappa shape index (κ2) is 3.67. The van der Waals surface area contributed by atoms with Crippen molar-refractivity contribution in [2.75, 3.05) is 0 Å². The molecule has 3 heterocycles. The number of fused-ring (bicyclic) bond motifs is 1. The first-order valence-electron chi connectivity index (χ1n) is 5.20. The predicted octanol–water partition coefficient (Wildman–Crippen LogP) is 0.544. The molecule has 0 fully saturated rings. The second-order valence-electron chi connectivity index (χ2n) is 3.82. The molecule has 1 atom stereocenters. The lowest BCUT2D eigenvalue weighted by atomic mass is 10.1. The number of aliphatic hydroxyl groups excluding tert-OH is 1. The molecule has 0 amide bonds. The van der Waals surface area contributed by atoms with Crippen molar-refractivity contribution >= 4 is 5.52 Å². The molecule has 0 aliphatic carbocycles. The molecule has 3 rings (SSSR count). The fraction of sp³-hybridized carbons (Fsp3) is 0.182. The molecule has 0 saturated carbocycles. The monoisotopic (exact) mass is 229 g/mol. The van der Waals surface area contributed by atoms with Crippen LogP contribution in [0, 0.1) is 0 Å². The first-order valence-corrected chi connectivity index (χ1v) is 5.20. The summed E-state index contributed by atoms with van der Waals surface area (Å²) < 4.78 is 3.33. The SMILES string of the molecule is Cn1ccc(C(O)c2cnn3ccncc23)n1. The van der Waals surface area contributed by atoms with Gasteiger partial charge in [0.1, 0.15) is 6.10 Å². The van der Waals surface area contributed by atoms with E-state index < -0.39 is 6.10 Å². The summed E-state index contributed by atoms with van der Waals surface area (Å²) >= 11 is 0. The van der Waals surface area contributed by atoms with Crippen LogP contribution >= 0.6 is 0 Å². The third-order valence-electron chi connectivity index (χ3n) is 2.66. The highest BCUT2D eigenvalue weighted by Crippen LogP contribution is 2.23. The number of hydrogen-bond donors (Lipinski definition) is 1. The Labute approximate surface area is 97.1 Å². The topological polar surface area (TPSA) is 68.2 Å². The minimum absolute atomic E-state index is 0.603. The standard InChI is InChI=1S/C11H11N5O/c1-15-4-2-9(14-15)11(17)8-6-13-16-5-3-12-7-10(8)16/h2-7,11,17H,1H3. The zero-order valence-electron chi connectivity index (χ0n) is 9.22. The molecule has 0 aliphatic heterocycles. The Morgan fingerprint density at radius 3 is 2.94 bits per heavy atom. The lowest BCUT2D eigenvalue weighted by molar-refractivity contribution is 0.216. The third kappa shape index (κ3) is 1.58.